The average Bonchev–Trinajstić information content (AvgIpc) is 3.35. The molecular formula is C20H25ClN6OS. The molecule has 29 heavy (non-hydrogen) atoms. The van der Waals surface area contributed by atoms with Gasteiger partial charge in [0.2, 0.25) is 5.89 Å². The van der Waals surface area contributed by atoms with Gasteiger partial charge in [0.1, 0.15) is 0 Å². The fourth-order valence-electron chi connectivity index (χ4n) is 3.35. The molecule has 0 amide bonds. The van der Waals surface area contributed by atoms with E-state index in [1.807, 2.05) is 38.1 Å². The fourth-order valence-corrected chi connectivity index (χ4v) is 4.28. The summed E-state index contributed by atoms with van der Waals surface area (Å²) in [6.07, 6.45) is 3.79. The number of halogens is 1. The van der Waals surface area contributed by atoms with E-state index in [-0.39, 0.29) is 5.92 Å². The summed E-state index contributed by atoms with van der Waals surface area (Å²) in [5, 5.41) is 14.5. The highest BCUT2D eigenvalue weighted by atomic mass is 35.5. The van der Waals surface area contributed by atoms with E-state index in [4.69, 9.17) is 16.1 Å². The molecule has 154 valence electrons. The van der Waals surface area contributed by atoms with Crippen LogP contribution in [0, 0.1) is 0 Å². The van der Waals surface area contributed by atoms with E-state index in [0.29, 0.717) is 16.7 Å². The van der Waals surface area contributed by atoms with E-state index in [1.165, 1.54) is 19.3 Å². The number of aromatic nitrogens is 5. The average molecular weight is 433 g/mol. The van der Waals surface area contributed by atoms with Gasteiger partial charge in [-0.2, -0.15) is 4.98 Å². The van der Waals surface area contributed by atoms with Crippen molar-refractivity contribution >= 4 is 23.4 Å². The minimum atomic E-state index is 0.242. The highest BCUT2D eigenvalue weighted by Gasteiger charge is 2.20. The summed E-state index contributed by atoms with van der Waals surface area (Å²) in [6.45, 7) is 7.09. The van der Waals surface area contributed by atoms with Crippen molar-refractivity contribution in [2.45, 2.75) is 56.5 Å². The molecule has 0 bridgehead atoms. The number of piperidine rings is 1. The van der Waals surface area contributed by atoms with Crippen LogP contribution < -0.4 is 0 Å². The predicted molar refractivity (Wildman–Crippen MR) is 113 cm³/mol. The summed E-state index contributed by atoms with van der Waals surface area (Å²) < 4.78 is 7.48. The number of benzene rings is 1. The van der Waals surface area contributed by atoms with Crippen molar-refractivity contribution in [1.82, 2.24) is 29.8 Å². The largest absolute Gasteiger partial charge is 0.338 e. The van der Waals surface area contributed by atoms with Crippen LogP contribution in [0.25, 0.3) is 5.69 Å². The fraction of sp³-hybridized carbons (Fsp3) is 0.500. The highest BCUT2D eigenvalue weighted by Crippen LogP contribution is 2.27. The molecule has 7 nitrogen and oxygen atoms in total. The Balaban J connectivity index is 1.57. The van der Waals surface area contributed by atoms with Gasteiger partial charge in [-0.25, -0.2) is 0 Å². The van der Waals surface area contributed by atoms with Crippen molar-refractivity contribution in [3.63, 3.8) is 0 Å². The molecule has 1 saturated heterocycles. The van der Waals surface area contributed by atoms with Crippen molar-refractivity contribution in [2.24, 2.45) is 0 Å². The SMILES string of the molecule is CC(C)c1noc(CSc2nnc(CN3CCCCC3)n2-c2ccc(Cl)cc2)n1. The number of hydrogen-bond acceptors (Lipinski definition) is 7. The lowest BCUT2D eigenvalue weighted by atomic mass is 10.1. The van der Waals surface area contributed by atoms with E-state index in [9.17, 15) is 0 Å². The maximum Gasteiger partial charge on any atom is 0.237 e. The van der Waals surface area contributed by atoms with E-state index >= 15 is 0 Å². The molecule has 0 N–H and O–H groups in total. The topological polar surface area (TPSA) is 72.9 Å². The molecule has 9 heteroatoms. The zero-order chi connectivity index (χ0) is 20.2. The van der Waals surface area contributed by atoms with Crippen LogP contribution in [0.3, 0.4) is 0 Å². The molecule has 1 fully saturated rings. The van der Waals surface area contributed by atoms with E-state index < -0.39 is 0 Å². The summed E-state index contributed by atoms with van der Waals surface area (Å²) in [4.78, 5) is 6.90. The number of rotatable bonds is 7. The van der Waals surface area contributed by atoms with Gasteiger partial charge in [0.25, 0.3) is 0 Å². The van der Waals surface area contributed by atoms with Gasteiger partial charge >= 0.3 is 0 Å². The Kier molecular flexibility index (Phi) is 6.52. The van der Waals surface area contributed by atoms with E-state index in [1.54, 1.807) is 11.8 Å². The molecule has 0 aliphatic carbocycles. The molecule has 2 aromatic heterocycles. The Morgan fingerprint density at radius 1 is 1.10 bits per heavy atom. The molecule has 0 spiro atoms. The third kappa shape index (κ3) is 4.99. The Bertz CT molecular complexity index is 933. The first kappa shape index (κ1) is 20.4. The Morgan fingerprint density at radius 3 is 2.55 bits per heavy atom. The first-order valence-corrected chi connectivity index (χ1v) is 11.3. The number of thioether (sulfide) groups is 1. The molecule has 0 atom stereocenters. The van der Waals surface area contributed by atoms with Crippen molar-refractivity contribution in [3.8, 4) is 5.69 Å². The molecule has 4 rings (SSSR count). The Hall–Kier alpha value is -1.90. The maximum absolute atomic E-state index is 6.10. The molecule has 1 aromatic carbocycles. The second-order valence-electron chi connectivity index (χ2n) is 7.54. The first-order valence-electron chi connectivity index (χ1n) is 9.98. The zero-order valence-electron chi connectivity index (χ0n) is 16.7. The monoisotopic (exact) mass is 432 g/mol. The van der Waals surface area contributed by atoms with Gasteiger partial charge in [0, 0.05) is 16.6 Å². The standard InChI is InChI=1S/C20H25ClN6OS/c1-14(2)19-22-18(28-25-19)13-29-20-24-23-17(12-26-10-4-3-5-11-26)27(20)16-8-6-15(21)7-9-16/h6-9,14H,3-5,10-13H2,1-2H3. The molecule has 1 aliphatic heterocycles. The third-order valence-electron chi connectivity index (χ3n) is 4.92. The summed E-state index contributed by atoms with van der Waals surface area (Å²) in [5.41, 5.74) is 1.00. The van der Waals surface area contributed by atoms with Crippen LogP contribution in [0.5, 0.6) is 0 Å². The molecule has 0 saturated carbocycles. The van der Waals surface area contributed by atoms with Gasteiger partial charge in [-0.05, 0) is 50.2 Å². The minimum Gasteiger partial charge on any atom is -0.338 e. The van der Waals surface area contributed by atoms with Gasteiger partial charge in [0.15, 0.2) is 16.8 Å². The second kappa shape index (κ2) is 9.28. The summed E-state index contributed by atoms with van der Waals surface area (Å²) in [7, 11) is 0. The molecule has 3 heterocycles. The maximum atomic E-state index is 6.10. The number of likely N-dealkylation sites (tertiary alicyclic amines) is 1. The van der Waals surface area contributed by atoms with Crippen molar-refractivity contribution < 1.29 is 4.52 Å². The van der Waals surface area contributed by atoms with E-state index in [2.05, 4.69) is 29.8 Å². The van der Waals surface area contributed by atoms with Crippen molar-refractivity contribution in [1.29, 1.82) is 0 Å². The Morgan fingerprint density at radius 2 is 1.86 bits per heavy atom. The number of hydrogen-bond donors (Lipinski definition) is 0. The first-order chi connectivity index (χ1) is 14.1. The minimum absolute atomic E-state index is 0.242. The van der Waals surface area contributed by atoms with Gasteiger partial charge in [0.05, 0.1) is 12.3 Å². The highest BCUT2D eigenvalue weighted by molar-refractivity contribution is 7.98. The van der Waals surface area contributed by atoms with Crippen LogP contribution in [0.4, 0.5) is 0 Å². The molecule has 0 unspecified atom stereocenters. The Labute approximate surface area is 179 Å². The second-order valence-corrected chi connectivity index (χ2v) is 8.92. The van der Waals surface area contributed by atoms with Crippen LogP contribution >= 0.6 is 23.4 Å². The van der Waals surface area contributed by atoms with Gasteiger partial charge in [-0.15, -0.1) is 10.2 Å². The van der Waals surface area contributed by atoms with Crippen LogP contribution in [-0.2, 0) is 12.3 Å². The smallest absolute Gasteiger partial charge is 0.237 e. The van der Waals surface area contributed by atoms with E-state index in [0.717, 1.165) is 42.1 Å². The lowest BCUT2D eigenvalue weighted by molar-refractivity contribution is 0.214. The van der Waals surface area contributed by atoms with Crippen molar-refractivity contribution in [2.75, 3.05) is 13.1 Å². The molecule has 0 radical (unpaired) electrons. The molecule has 1 aliphatic rings. The molecular weight excluding hydrogens is 408 g/mol. The summed E-state index contributed by atoms with van der Waals surface area (Å²) >= 11 is 7.64. The zero-order valence-corrected chi connectivity index (χ0v) is 18.3. The van der Waals surface area contributed by atoms with Crippen LogP contribution in [0.2, 0.25) is 5.02 Å². The quantitative estimate of drug-likeness (QED) is 0.500. The third-order valence-corrected chi connectivity index (χ3v) is 6.09. The van der Waals surface area contributed by atoms with Crippen LogP contribution in [0.1, 0.15) is 56.6 Å². The summed E-state index contributed by atoms with van der Waals surface area (Å²) in [5.74, 6) is 3.05. The van der Waals surface area contributed by atoms with Crippen molar-refractivity contribution in [3.05, 3.63) is 46.8 Å². The van der Waals surface area contributed by atoms with Crippen LogP contribution in [0.15, 0.2) is 33.9 Å². The normalized spacial score (nSPS) is 15.3. The molecule has 3 aromatic rings. The lowest BCUT2D eigenvalue weighted by Gasteiger charge is -2.26. The van der Waals surface area contributed by atoms with Gasteiger partial charge in [-0.3, -0.25) is 9.47 Å². The lowest BCUT2D eigenvalue weighted by Crippen LogP contribution is -2.30. The predicted octanol–water partition coefficient (Wildman–Crippen LogP) is 4.71. The number of nitrogens with zero attached hydrogens (tertiary/aromatic N) is 6. The van der Waals surface area contributed by atoms with Gasteiger partial charge in [-0.1, -0.05) is 48.8 Å². The summed E-state index contributed by atoms with van der Waals surface area (Å²) in [6, 6.07) is 7.78. The van der Waals surface area contributed by atoms with Gasteiger partial charge < -0.3 is 4.52 Å². The van der Waals surface area contributed by atoms with Crippen LogP contribution in [-0.4, -0.2) is 42.9 Å².